The number of guanidine groups is 1. The van der Waals surface area contributed by atoms with Gasteiger partial charge in [-0.1, -0.05) is 41.1 Å². The fourth-order valence-electron chi connectivity index (χ4n) is 1.45. The first-order valence-electron chi connectivity index (χ1n) is 4.85. The Hall–Kier alpha value is -1.49. The third-order valence-corrected chi connectivity index (χ3v) is 2.73. The summed E-state index contributed by atoms with van der Waals surface area (Å²) in [6.45, 7) is 4.12. The Kier molecular flexibility index (Phi) is 4.37. The summed E-state index contributed by atoms with van der Waals surface area (Å²) in [5.74, 6) is 0.635. The van der Waals surface area contributed by atoms with E-state index in [0.717, 1.165) is 0 Å². The molecule has 0 amide bonds. The highest BCUT2D eigenvalue weighted by atomic mass is 32.2. The molecule has 0 aromatic heterocycles. The molecule has 0 fully saturated rings. The van der Waals surface area contributed by atoms with E-state index >= 15 is 0 Å². The second kappa shape index (κ2) is 5.55. The molecule has 0 unspecified atom stereocenters. The normalized spacial score (nSPS) is 9.88. The van der Waals surface area contributed by atoms with E-state index in [9.17, 15) is 0 Å². The van der Waals surface area contributed by atoms with Crippen LogP contribution in [0.15, 0.2) is 23.2 Å². The maximum atomic E-state index is 7.49. The van der Waals surface area contributed by atoms with Crippen LogP contribution in [0.25, 0.3) is 0 Å². The number of nitrogens with zero attached hydrogens (tertiary/aromatic N) is 1. The van der Waals surface area contributed by atoms with Gasteiger partial charge in [-0.3, -0.25) is 5.41 Å². The van der Waals surface area contributed by atoms with E-state index in [4.69, 9.17) is 16.9 Å². The van der Waals surface area contributed by atoms with Gasteiger partial charge >= 0.3 is 0 Å². The van der Waals surface area contributed by atoms with E-state index in [1.807, 2.05) is 0 Å². The van der Waals surface area contributed by atoms with Crippen molar-refractivity contribution >= 4 is 22.9 Å². The van der Waals surface area contributed by atoms with E-state index in [-0.39, 0.29) is 11.1 Å². The summed E-state index contributed by atoms with van der Waals surface area (Å²) in [4.78, 5) is 3.66. The molecule has 0 spiro atoms. The number of nitrogens with one attached hydrogen (secondary N) is 1. The maximum Gasteiger partial charge on any atom is 0.193 e. The van der Waals surface area contributed by atoms with Gasteiger partial charge < -0.3 is 11.5 Å². The molecule has 1 rings (SSSR count). The van der Waals surface area contributed by atoms with E-state index < -0.39 is 0 Å². The summed E-state index contributed by atoms with van der Waals surface area (Å²) in [6, 6.07) is 6.32. The van der Waals surface area contributed by atoms with Crippen LogP contribution in [-0.2, 0) is 5.75 Å². The molecule has 0 atom stereocenters. The Bertz CT molecular complexity index is 402. The topological polar surface area (TPSA) is 88.2 Å². The largest absolute Gasteiger partial charge is 0.370 e. The highest BCUT2D eigenvalue weighted by molar-refractivity contribution is 8.13. The van der Waals surface area contributed by atoms with Gasteiger partial charge in [0.05, 0.1) is 0 Å². The zero-order valence-electron chi connectivity index (χ0n) is 9.45. The first-order chi connectivity index (χ1) is 7.47. The van der Waals surface area contributed by atoms with E-state index in [2.05, 4.69) is 37.0 Å². The summed E-state index contributed by atoms with van der Waals surface area (Å²) in [7, 11) is 0. The minimum absolute atomic E-state index is 0.0714. The van der Waals surface area contributed by atoms with Crippen molar-refractivity contribution in [1.82, 2.24) is 0 Å². The summed E-state index contributed by atoms with van der Waals surface area (Å²) >= 11 is 1.31. The molecule has 0 aliphatic heterocycles. The van der Waals surface area contributed by atoms with Crippen LogP contribution >= 0.6 is 11.8 Å². The standard InChI is InChI=1S/C11H16N4S/c1-7-3-8(2)5-9(4-7)6-16-11(14)15-10(12)13/h3-5H,6H2,1-2H3,(H5,12,13,14,15). The van der Waals surface area contributed by atoms with Crippen molar-refractivity contribution in [2.45, 2.75) is 19.6 Å². The van der Waals surface area contributed by atoms with Gasteiger partial charge in [-0.25, -0.2) is 0 Å². The van der Waals surface area contributed by atoms with Crippen LogP contribution in [0.5, 0.6) is 0 Å². The number of aryl methyl sites for hydroxylation is 2. The Labute approximate surface area is 99.6 Å². The lowest BCUT2D eigenvalue weighted by molar-refractivity contribution is 1.30. The summed E-state index contributed by atoms with van der Waals surface area (Å²) in [5.41, 5.74) is 14.0. The molecule has 0 saturated heterocycles. The minimum Gasteiger partial charge on any atom is -0.370 e. The Morgan fingerprint density at radius 1 is 1.25 bits per heavy atom. The van der Waals surface area contributed by atoms with Crippen molar-refractivity contribution in [2.24, 2.45) is 16.5 Å². The van der Waals surface area contributed by atoms with Gasteiger partial charge in [-0.05, 0) is 19.4 Å². The van der Waals surface area contributed by atoms with Gasteiger partial charge in [0.2, 0.25) is 0 Å². The highest BCUT2D eigenvalue weighted by Crippen LogP contribution is 2.16. The smallest absolute Gasteiger partial charge is 0.193 e. The highest BCUT2D eigenvalue weighted by Gasteiger charge is 2.00. The average molecular weight is 236 g/mol. The average Bonchev–Trinajstić information content (AvgIpc) is 2.12. The molecule has 5 N–H and O–H groups in total. The number of hydrogen-bond acceptors (Lipinski definition) is 2. The summed E-state index contributed by atoms with van der Waals surface area (Å²) in [6.07, 6.45) is 0. The summed E-state index contributed by atoms with van der Waals surface area (Å²) in [5, 5.41) is 7.63. The lowest BCUT2D eigenvalue weighted by Crippen LogP contribution is -2.23. The molecule has 0 aliphatic carbocycles. The second-order valence-corrected chi connectivity index (χ2v) is 4.59. The molecule has 16 heavy (non-hydrogen) atoms. The van der Waals surface area contributed by atoms with Crippen LogP contribution in [-0.4, -0.2) is 11.1 Å². The SMILES string of the molecule is Cc1cc(C)cc(CSC(=N)N=C(N)N)c1. The number of hydrogen-bond donors (Lipinski definition) is 3. The predicted molar refractivity (Wildman–Crippen MR) is 70.7 cm³/mol. The predicted octanol–water partition coefficient (Wildman–Crippen LogP) is 1.74. The maximum absolute atomic E-state index is 7.49. The molecule has 4 nitrogen and oxygen atoms in total. The number of rotatable bonds is 2. The van der Waals surface area contributed by atoms with Crippen molar-refractivity contribution < 1.29 is 0 Å². The molecular formula is C11H16N4S. The van der Waals surface area contributed by atoms with E-state index in [0.29, 0.717) is 5.75 Å². The molecule has 1 aromatic carbocycles. The zero-order chi connectivity index (χ0) is 12.1. The lowest BCUT2D eigenvalue weighted by Gasteiger charge is -2.04. The Morgan fingerprint density at radius 3 is 2.31 bits per heavy atom. The van der Waals surface area contributed by atoms with E-state index in [1.165, 1.54) is 28.5 Å². The van der Waals surface area contributed by atoms with Gasteiger partial charge in [-0.2, -0.15) is 4.99 Å². The van der Waals surface area contributed by atoms with Crippen molar-refractivity contribution in [2.75, 3.05) is 0 Å². The number of thioether (sulfide) groups is 1. The molecule has 0 saturated carbocycles. The Balaban J connectivity index is 2.61. The number of aliphatic imine (C=N–C) groups is 1. The van der Waals surface area contributed by atoms with Crippen molar-refractivity contribution in [3.63, 3.8) is 0 Å². The van der Waals surface area contributed by atoms with Crippen LogP contribution in [0.4, 0.5) is 0 Å². The quantitative estimate of drug-likeness (QED) is 0.540. The van der Waals surface area contributed by atoms with Crippen molar-refractivity contribution in [3.8, 4) is 0 Å². The van der Waals surface area contributed by atoms with Gasteiger partial charge in [0, 0.05) is 5.75 Å². The third kappa shape index (κ3) is 4.35. The first-order valence-corrected chi connectivity index (χ1v) is 5.84. The minimum atomic E-state index is -0.0714. The molecule has 0 aliphatic rings. The first kappa shape index (κ1) is 12.6. The lowest BCUT2D eigenvalue weighted by atomic mass is 10.1. The van der Waals surface area contributed by atoms with E-state index in [1.54, 1.807) is 0 Å². The molecule has 86 valence electrons. The summed E-state index contributed by atoms with van der Waals surface area (Å²) < 4.78 is 0. The zero-order valence-corrected chi connectivity index (χ0v) is 10.3. The number of nitrogens with two attached hydrogens (primary N) is 2. The van der Waals surface area contributed by atoms with Gasteiger partial charge in [0.15, 0.2) is 11.1 Å². The van der Waals surface area contributed by atoms with Gasteiger partial charge in [-0.15, -0.1) is 0 Å². The van der Waals surface area contributed by atoms with Gasteiger partial charge in [0.25, 0.3) is 0 Å². The molecule has 0 bridgehead atoms. The Morgan fingerprint density at radius 2 is 1.81 bits per heavy atom. The van der Waals surface area contributed by atoms with Crippen LogP contribution < -0.4 is 11.5 Å². The molecule has 0 heterocycles. The molecular weight excluding hydrogens is 220 g/mol. The molecule has 5 heteroatoms. The number of benzene rings is 1. The monoisotopic (exact) mass is 236 g/mol. The van der Waals surface area contributed by atoms with Crippen LogP contribution in [0.3, 0.4) is 0 Å². The van der Waals surface area contributed by atoms with Crippen LogP contribution in [0.2, 0.25) is 0 Å². The van der Waals surface area contributed by atoms with Crippen molar-refractivity contribution in [3.05, 3.63) is 34.9 Å². The van der Waals surface area contributed by atoms with Crippen LogP contribution in [0, 0.1) is 19.3 Å². The second-order valence-electron chi connectivity index (χ2n) is 3.63. The fraction of sp³-hybridized carbons (Fsp3) is 0.273. The van der Waals surface area contributed by atoms with Crippen LogP contribution in [0.1, 0.15) is 16.7 Å². The fourth-order valence-corrected chi connectivity index (χ4v) is 2.09. The van der Waals surface area contributed by atoms with Gasteiger partial charge in [0.1, 0.15) is 0 Å². The number of amidine groups is 1. The van der Waals surface area contributed by atoms with Crippen molar-refractivity contribution in [1.29, 1.82) is 5.41 Å². The third-order valence-electron chi connectivity index (χ3n) is 1.89. The molecule has 1 aromatic rings. The molecule has 0 radical (unpaired) electrons.